The Morgan fingerprint density at radius 2 is 2.16 bits per heavy atom. The smallest absolute Gasteiger partial charge is 0.201 e. The van der Waals surface area contributed by atoms with Crippen LogP contribution in [0.5, 0.6) is 0 Å². The summed E-state index contributed by atoms with van der Waals surface area (Å²) in [4.78, 5) is 8.53. The number of hydrogen-bond donors (Lipinski definition) is 1. The topological polar surface area (TPSA) is 56.7 Å². The molecule has 0 atom stereocenters. The molecule has 0 saturated heterocycles. The lowest BCUT2D eigenvalue weighted by atomic mass is 10.2. The number of fused-ring (bicyclic) bond motifs is 1. The summed E-state index contributed by atoms with van der Waals surface area (Å²) >= 11 is 2.28. The SMILES string of the molecule is Nc1nc2cc(I)ccc2n1CCc1cccnc1. The van der Waals surface area contributed by atoms with Crippen LogP contribution in [0.25, 0.3) is 11.0 Å². The maximum atomic E-state index is 6.00. The third-order valence-corrected chi connectivity index (χ3v) is 3.76. The van der Waals surface area contributed by atoms with Crippen LogP contribution in [0.3, 0.4) is 0 Å². The Morgan fingerprint density at radius 3 is 2.95 bits per heavy atom. The molecule has 0 amide bonds. The number of nitrogens with zero attached hydrogens (tertiary/aromatic N) is 3. The molecule has 19 heavy (non-hydrogen) atoms. The van der Waals surface area contributed by atoms with Gasteiger partial charge in [-0.2, -0.15) is 0 Å². The number of rotatable bonds is 3. The van der Waals surface area contributed by atoms with E-state index in [4.69, 9.17) is 5.73 Å². The summed E-state index contributed by atoms with van der Waals surface area (Å²) < 4.78 is 3.22. The van der Waals surface area contributed by atoms with Gasteiger partial charge in [0.25, 0.3) is 0 Å². The predicted octanol–water partition coefficient (Wildman–Crippen LogP) is 2.86. The molecule has 0 unspecified atom stereocenters. The van der Waals surface area contributed by atoms with Crippen LogP contribution in [0.15, 0.2) is 42.7 Å². The average Bonchev–Trinajstić information content (AvgIpc) is 2.72. The van der Waals surface area contributed by atoms with Crippen LogP contribution >= 0.6 is 22.6 Å². The van der Waals surface area contributed by atoms with Crippen molar-refractivity contribution in [2.45, 2.75) is 13.0 Å². The molecule has 4 nitrogen and oxygen atoms in total. The van der Waals surface area contributed by atoms with Gasteiger partial charge in [0.05, 0.1) is 11.0 Å². The normalized spacial score (nSPS) is 11.0. The van der Waals surface area contributed by atoms with E-state index in [9.17, 15) is 0 Å². The van der Waals surface area contributed by atoms with Crippen LogP contribution in [0.4, 0.5) is 5.95 Å². The molecule has 0 aliphatic rings. The van der Waals surface area contributed by atoms with Crippen molar-refractivity contribution in [3.8, 4) is 0 Å². The third-order valence-electron chi connectivity index (χ3n) is 3.09. The van der Waals surface area contributed by atoms with E-state index in [-0.39, 0.29) is 0 Å². The summed E-state index contributed by atoms with van der Waals surface area (Å²) in [5.74, 6) is 0.570. The molecule has 2 N–H and O–H groups in total. The fourth-order valence-electron chi connectivity index (χ4n) is 2.14. The second kappa shape index (κ2) is 5.16. The van der Waals surface area contributed by atoms with Gasteiger partial charge in [-0.15, -0.1) is 0 Å². The van der Waals surface area contributed by atoms with E-state index in [0.29, 0.717) is 5.95 Å². The second-order valence-electron chi connectivity index (χ2n) is 4.37. The molecule has 0 spiro atoms. The van der Waals surface area contributed by atoms with Crippen LogP contribution in [0.1, 0.15) is 5.56 Å². The maximum Gasteiger partial charge on any atom is 0.201 e. The molecule has 0 fully saturated rings. The summed E-state index contributed by atoms with van der Waals surface area (Å²) in [6, 6.07) is 10.2. The highest BCUT2D eigenvalue weighted by molar-refractivity contribution is 14.1. The average molecular weight is 364 g/mol. The van der Waals surface area contributed by atoms with E-state index in [2.05, 4.69) is 55.3 Å². The monoisotopic (exact) mass is 364 g/mol. The summed E-state index contributed by atoms with van der Waals surface area (Å²) in [5, 5.41) is 0. The number of halogens is 1. The van der Waals surface area contributed by atoms with Gasteiger partial charge in [0.15, 0.2) is 0 Å². The van der Waals surface area contributed by atoms with Crippen molar-refractivity contribution in [3.05, 3.63) is 51.9 Å². The molecule has 0 radical (unpaired) electrons. The molecule has 0 saturated carbocycles. The molecule has 0 bridgehead atoms. The Bertz CT molecular complexity index is 706. The molecule has 3 aromatic rings. The Labute approximate surface area is 124 Å². The van der Waals surface area contributed by atoms with Crippen molar-refractivity contribution < 1.29 is 0 Å². The zero-order valence-corrected chi connectivity index (χ0v) is 12.4. The Kier molecular flexibility index (Phi) is 3.37. The van der Waals surface area contributed by atoms with Gasteiger partial charge in [-0.25, -0.2) is 4.98 Å². The fraction of sp³-hybridized carbons (Fsp3) is 0.143. The molecular formula is C14H13IN4. The Balaban J connectivity index is 1.90. The predicted molar refractivity (Wildman–Crippen MR) is 84.8 cm³/mol. The number of aryl methyl sites for hydroxylation is 2. The highest BCUT2D eigenvalue weighted by Crippen LogP contribution is 2.20. The van der Waals surface area contributed by atoms with E-state index >= 15 is 0 Å². The number of aromatic nitrogens is 3. The molecule has 2 heterocycles. The first-order chi connectivity index (χ1) is 9.24. The van der Waals surface area contributed by atoms with Crippen LogP contribution in [0.2, 0.25) is 0 Å². The van der Waals surface area contributed by atoms with Crippen molar-refractivity contribution >= 4 is 39.6 Å². The highest BCUT2D eigenvalue weighted by Gasteiger charge is 2.08. The van der Waals surface area contributed by atoms with Gasteiger partial charge in [-0.3, -0.25) is 4.98 Å². The largest absolute Gasteiger partial charge is 0.369 e. The zero-order chi connectivity index (χ0) is 13.2. The number of nitrogens with two attached hydrogens (primary N) is 1. The van der Waals surface area contributed by atoms with Gasteiger partial charge in [0.2, 0.25) is 5.95 Å². The molecule has 1 aromatic carbocycles. The highest BCUT2D eigenvalue weighted by atomic mass is 127. The lowest BCUT2D eigenvalue weighted by Crippen LogP contribution is -2.05. The number of benzene rings is 1. The van der Waals surface area contributed by atoms with E-state index < -0.39 is 0 Å². The number of imidazole rings is 1. The molecule has 96 valence electrons. The second-order valence-corrected chi connectivity index (χ2v) is 5.61. The van der Waals surface area contributed by atoms with E-state index in [1.54, 1.807) is 6.20 Å². The van der Waals surface area contributed by atoms with Crippen LogP contribution in [0, 0.1) is 3.57 Å². The van der Waals surface area contributed by atoms with Crippen molar-refractivity contribution in [3.63, 3.8) is 0 Å². The van der Waals surface area contributed by atoms with Crippen LogP contribution in [-0.4, -0.2) is 14.5 Å². The number of hydrogen-bond acceptors (Lipinski definition) is 3. The standard InChI is InChI=1S/C14H13IN4/c15-11-3-4-13-12(8-11)18-14(16)19(13)7-5-10-2-1-6-17-9-10/h1-4,6,8-9H,5,7H2,(H2,16,18). The van der Waals surface area contributed by atoms with E-state index in [1.165, 1.54) is 9.13 Å². The first-order valence-electron chi connectivity index (χ1n) is 6.04. The lowest BCUT2D eigenvalue weighted by molar-refractivity contribution is 0.724. The first-order valence-corrected chi connectivity index (χ1v) is 7.12. The summed E-state index contributed by atoms with van der Waals surface area (Å²) in [7, 11) is 0. The van der Waals surface area contributed by atoms with Gasteiger partial charge < -0.3 is 10.3 Å². The molecule has 0 aliphatic heterocycles. The third kappa shape index (κ3) is 2.56. The zero-order valence-electron chi connectivity index (χ0n) is 10.3. The van der Waals surface area contributed by atoms with E-state index in [0.717, 1.165) is 24.0 Å². The molecule has 5 heteroatoms. The lowest BCUT2D eigenvalue weighted by Gasteiger charge is -2.06. The maximum absolute atomic E-state index is 6.00. The molecular weight excluding hydrogens is 351 g/mol. The van der Waals surface area contributed by atoms with Crippen molar-refractivity contribution in [2.75, 3.05) is 5.73 Å². The summed E-state index contributed by atoms with van der Waals surface area (Å²) in [5.41, 5.74) is 9.24. The van der Waals surface area contributed by atoms with Crippen LogP contribution in [-0.2, 0) is 13.0 Å². The Morgan fingerprint density at radius 1 is 1.26 bits per heavy atom. The Hall–Kier alpha value is -1.63. The van der Waals surface area contributed by atoms with Crippen LogP contribution < -0.4 is 5.73 Å². The number of nitrogen functional groups attached to an aromatic ring is 1. The van der Waals surface area contributed by atoms with E-state index in [1.807, 2.05) is 18.3 Å². The van der Waals surface area contributed by atoms with Gasteiger partial charge in [-0.1, -0.05) is 6.07 Å². The minimum atomic E-state index is 0.570. The van der Waals surface area contributed by atoms with Crippen molar-refractivity contribution in [1.82, 2.24) is 14.5 Å². The fourth-order valence-corrected chi connectivity index (χ4v) is 2.62. The van der Waals surface area contributed by atoms with Gasteiger partial charge in [0.1, 0.15) is 0 Å². The quantitative estimate of drug-likeness (QED) is 0.728. The summed E-state index contributed by atoms with van der Waals surface area (Å²) in [6.45, 7) is 0.814. The van der Waals surface area contributed by atoms with Crippen molar-refractivity contribution in [2.24, 2.45) is 0 Å². The number of pyridine rings is 1. The van der Waals surface area contributed by atoms with Gasteiger partial charge >= 0.3 is 0 Å². The van der Waals surface area contributed by atoms with Gasteiger partial charge in [-0.05, 0) is 58.8 Å². The van der Waals surface area contributed by atoms with Crippen molar-refractivity contribution in [1.29, 1.82) is 0 Å². The first kappa shape index (κ1) is 12.4. The molecule has 0 aliphatic carbocycles. The molecule has 3 rings (SSSR count). The molecule has 2 aromatic heterocycles. The number of anilines is 1. The summed E-state index contributed by atoms with van der Waals surface area (Å²) in [6.07, 6.45) is 4.57. The minimum Gasteiger partial charge on any atom is -0.369 e. The van der Waals surface area contributed by atoms with Gasteiger partial charge in [0, 0.05) is 22.5 Å². The minimum absolute atomic E-state index is 0.570.